The summed E-state index contributed by atoms with van der Waals surface area (Å²) in [6.07, 6.45) is 0. The Hall–Kier alpha value is -8.92. The highest BCUT2D eigenvalue weighted by atomic mass is 16.3. The maximum absolute atomic E-state index is 6.48. The smallest absolute Gasteiger partial charge is 0.143 e. The minimum Gasteiger partial charge on any atom is -0.455 e. The number of nitrogens with zero attached hydrogens (tertiary/aromatic N) is 2. The van der Waals surface area contributed by atoms with Crippen LogP contribution in [0.1, 0.15) is 0 Å². The molecule has 0 aliphatic heterocycles. The van der Waals surface area contributed by atoms with Crippen molar-refractivity contribution >= 4 is 71.6 Å². The molecule has 67 heavy (non-hydrogen) atoms. The molecule has 0 spiro atoms. The SMILES string of the molecule is c1ccc(-c2ccc(-c3ccc(N(c4ccc(-c5cccc6c5oc5ccccc56)cc4)c4ccc(-c5ccc6c(c5)c5ccccc5n6-c5ccccc5)c5ccccc45)cc3)cc2)cc1. The molecule has 3 heteroatoms. The van der Waals surface area contributed by atoms with Crippen LogP contribution in [0.5, 0.6) is 0 Å². The van der Waals surface area contributed by atoms with Crippen molar-refractivity contribution in [2.45, 2.75) is 0 Å². The minimum atomic E-state index is 0.900. The zero-order valence-corrected chi connectivity index (χ0v) is 36.6. The molecule has 0 N–H and O–H groups in total. The van der Waals surface area contributed by atoms with Crippen LogP contribution in [0.25, 0.3) is 105 Å². The summed E-state index contributed by atoms with van der Waals surface area (Å²) in [5.41, 5.74) is 17.9. The number of furan rings is 1. The van der Waals surface area contributed by atoms with E-state index in [2.05, 4.69) is 252 Å². The number of aromatic nitrogens is 1. The van der Waals surface area contributed by atoms with Crippen molar-refractivity contribution in [3.05, 3.63) is 255 Å². The molecular formula is C64H42N2O. The molecule has 0 radical (unpaired) electrons. The molecule has 2 heterocycles. The van der Waals surface area contributed by atoms with Crippen LogP contribution in [0.2, 0.25) is 0 Å². The molecule has 3 nitrogen and oxygen atoms in total. The van der Waals surface area contributed by atoms with Crippen LogP contribution in [0.4, 0.5) is 17.1 Å². The minimum absolute atomic E-state index is 0.900. The summed E-state index contributed by atoms with van der Waals surface area (Å²) in [6, 6.07) is 91.9. The third-order valence-electron chi connectivity index (χ3n) is 13.4. The fourth-order valence-corrected chi connectivity index (χ4v) is 10.2. The largest absolute Gasteiger partial charge is 0.455 e. The van der Waals surface area contributed by atoms with Crippen molar-refractivity contribution in [3.63, 3.8) is 0 Å². The van der Waals surface area contributed by atoms with E-state index in [-0.39, 0.29) is 0 Å². The van der Waals surface area contributed by atoms with Crippen LogP contribution < -0.4 is 4.90 Å². The van der Waals surface area contributed by atoms with Gasteiger partial charge in [0.2, 0.25) is 0 Å². The standard InChI is InChI=1S/C64H42N2O/c1-3-14-43(15-4-1)44-26-28-45(29-27-44)46-30-35-50(36-31-46)65(51-37-32-47(33-38-51)53-22-13-23-58-57-21-10-12-25-63(57)67-64(53)58)61-41-39-52(54-18-7-8-19-55(54)61)48-34-40-62-59(42-48)56-20-9-11-24-60(56)66(62)49-16-5-2-6-17-49/h1-42H. The molecule has 0 saturated heterocycles. The summed E-state index contributed by atoms with van der Waals surface area (Å²) in [5.74, 6) is 0. The number of hydrogen-bond acceptors (Lipinski definition) is 2. The second kappa shape index (κ2) is 16.0. The van der Waals surface area contributed by atoms with Gasteiger partial charge in [0.15, 0.2) is 0 Å². The molecule has 0 fully saturated rings. The highest BCUT2D eigenvalue weighted by Crippen LogP contribution is 2.45. The van der Waals surface area contributed by atoms with Gasteiger partial charge in [-0.1, -0.05) is 188 Å². The van der Waals surface area contributed by atoms with Crippen molar-refractivity contribution in [1.82, 2.24) is 4.57 Å². The first-order chi connectivity index (χ1) is 33.2. The molecule has 13 aromatic rings. The Morgan fingerprint density at radius 2 is 0.821 bits per heavy atom. The van der Waals surface area contributed by atoms with E-state index < -0.39 is 0 Å². The van der Waals surface area contributed by atoms with Gasteiger partial charge in [0.1, 0.15) is 11.2 Å². The Morgan fingerprint density at radius 1 is 0.299 bits per heavy atom. The van der Waals surface area contributed by atoms with E-state index in [0.29, 0.717) is 0 Å². The second-order valence-corrected chi connectivity index (χ2v) is 17.3. The lowest BCUT2D eigenvalue weighted by atomic mass is 9.95. The van der Waals surface area contributed by atoms with Gasteiger partial charge >= 0.3 is 0 Å². The van der Waals surface area contributed by atoms with Gasteiger partial charge in [0, 0.05) is 49.6 Å². The fourth-order valence-electron chi connectivity index (χ4n) is 10.2. The van der Waals surface area contributed by atoms with Crippen molar-refractivity contribution in [2.75, 3.05) is 4.90 Å². The van der Waals surface area contributed by atoms with E-state index in [1.807, 2.05) is 12.1 Å². The van der Waals surface area contributed by atoms with Crippen LogP contribution in [0.3, 0.4) is 0 Å². The predicted molar refractivity (Wildman–Crippen MR) is 282 cm³/mol. The average molecular weight is 855 g/mol. The van der Waals surface area contributed by atoms with Gasteiger partial charge < -0.3 is 13.9 Å². The van der Waals surface area contributed by atoms with E-state index in [4.69, 9.17) is 4.42 Å². The quantitative estimate of drug-likeness (QED) is 0.152. The lowest BCUT2D eigenvalue weighted by molar-refractivity contribution is 0.670. The highest BCUT2D eigenvalue weighted by molar-refractivity contribution is 6.13. The molecule has 0 unspecified atom stereocenters. The highest BCUT2D eigenvalue weighted by Gasteiger charge is 2.20. The zero-order chi connectivity index (χ0) is 44.3. The zero-order valence-electron chi connectivity index (χ0n) is 36.6. The van der Waals surface area contributed by atoms with E-state index in [1.54, 1.807) is 0 Å². The molecule has 0 saturated carbocycles. The van der Waals surface area contributed by atoms with Crippen LogP contribution >= 0.6 is 0 Å². The number of fused-ring (bicyclic) bond motifs is 7. The summed E-state index contributed by atoms with van der Waals surface area (Å²) in [6.45, 7) is 0. The molecule has 314 valence electrons. The van der Waals surface area contributed by atoms with Crippen LogP contribution in [0, 0.1) is 0 Å². The van der Waals surface area contributed by atoms with Gasteiger partial charge in [-0.15, -0.1) is 0 Å². The summed E-state index contributed by atoms with van der Waals surface area (Å²) < 4.78 is 8.86. The third kappa shape index (κ3) is 6.59. The van der Waals surface area contributed by atoms with Crippen molar-refractivity contribution in [2.24, 2.45) is 0 Å². The van der Waals surface area contributed by atoms with Crippen molar-refractivity contribution in [3.8, 4) is 50.2 Å². The summed E-state index contributed by atoms with van der Waals surface area (Å²) in [5, 5.41) is 7.10. The third-order valence-corrected chi connectivity index (χ3v) is 13.4. The first-order valence-corrected chi connectivity index (χ1v) is 22.9. The normalized spacial score (nSPS) is 11.6. The Bertz CT molecular complexity index is 3940. The maximum atomic E-state index is 6.48. The van der Waals surface area contributed by atoms with Gasteiger partial charge in [-0.3, -0.25) is 0 Å². The van der Waals surface area contributed by atoms with Crippen LogP contribution in [-0.4, -0.2) is 4.57 Å². The molecule has 0 bridgehead atoms. The Balaban J connectivity index is 0.934. The molecule has 13 rings (SSSR count). The predicted octanol–water partition coefficient (Wildman–Crippen LogP) is 18.0. The second-order valence-electron chi connectivity index (χ2n) is 17.3. The van der Waals surface area contributed by atoms with Gasteiger partial charge in [-0.05, 0) is 111 Å². The molecule has 0 aliphatic rings. The summed E-state index contributed by atoms with van der Waals surface area (Å²) in [4.78, 5) is 2.40. The monoisotopic (exact) mass is 854 g/mol. The van der Waals surface area contributed by atoms with Gasteiger partial charge in [0.05, 0.1) is 16.7 Å². The summed E-state index contributed by atoms with van der Waals surface area (Å²) in [7, 11) is 0. The molecule has 2 aromatic heterocycles. The van der Waals surface area contributed by atoms with Crippen LogP contribution in [-0.2, 0) is 0 Å². The fraction of sp³-hybridized carbons (Fsp3) is 0. The van der Waals surface area contributed by atoms with E-state index >= 15 is 0 Å². The molecule has 0 aliphatic carbocycles. The van der Waals surface area contributed by atoms with Gasteiger partial charge in [0.25, 0.3) is 0 Å². The lowest BCUT2D eigenvalue weighted by Gasteiger charge is -2.28. The molecule has 0 amide bonds. The van der Waals surface area contributed by atoms with E-state index in [0.717, 1.165) is 55.8 Å². The molecule has 0 atom stereocenters. The molecular weight excluding hydrogens is 813 g/mol. The van der Waals surface area contributed by atoms with Gasteiger partial charge in [-0.25, -0.2) is 0 Å². The Morgan fingerprint density at radius 3 is 1.54 bits per heavy atom. The number of benzene rings is 11. The Kier molecular flexibility index (Phi) is 9.17. The number of hydrogen-bond donors (Lipinski definition) is 0. The number of rotatable bonds is 8. The topological polar surface area (TPSA) is 21.3 Å². The average Bonchev–Trinajstić information content (AvgIpc) is 3.96. The van der Waals surface area contributed by atoms with Crippen LogP contribution in [0.15, 0.2) is 259 Å². The van der Waals surface area contributed by atoms with E-state index in [9.17, 15) is 0 Å². The Labute approximate surface area is 388 Å². The van der Waals surface area contributed by atoms with Crippen molar-refractivity contribution in [1.29, 1.82) is 0 Å². The van der Waals surface area contributed by atoms with Crippen molar-refractivity contribution < 1.29 is 4.42 Å². The first-order valence-electron chi connectivity index (χ1n) is 22.9. The van der Waals surface area contributed by atoms with Gasteiger partial charge in [-0.2, -0.15) is 0 Å². The number of para-hydroxylation sites is 4. The molecule has 11 aromatic carbocycles. The maximum Gasteiger partial charge on any atom is 0.143 e. The first kappa shape index (κ1) is 38.5. The lowest BCUT2D eigenvalue weighted by Crippen LogP contribution is -2.10. The van der Waals surface area contributed by atoms with E-state index in [1.165, 1.54) is 66.0 Å². The summed E-state index contributed by atoms with van der Waals surface area (Å²) >= 11 is 0. The number of anilines is 3.